The molecule has 0 unspecified atom stereocenters. The van der Waals surface area contributed by atoms with E-state index in [1.807, 2.05) is 12.1 Å². The molecular formula is C19H21N3O3. The smallest absolute Gasteiger partial charge is 0.323 e. The van der Waals surface area contributed by atoms with Crippen LogP contribution in [0.2, 0.25) is 0 Å². The van der Waals surface area contributed by atoms with Crippen molar-refractivity contribution in [2.24, 2.45) is 0 Å². The van der Waals surface area contributed by atoms with Crippen molar-refractivity contribution < 1.29 is 14.3 Å². The Kier molecular flexibility index (Phi) is 5.18. The quantitative estimate of drug-likeness (QED) is 0.756. The molecule has 1 saturated carbocycles. The number of hydrogen-bond acceptors (Lipinski definition) is 3. The maximum atomic E-state index is 12.0. The molecule has 130 valence electrons. The van der Waals surface area contributed by atoms with Crippen LogP contribution in [0.3, 0.4) is 0 Å². The molecule has 0 saturated heterocycles. The van der Waals surface area contributed by atoms with Gasteiger partial charge in [0.2, 0.25) is 5.91 Å². The van der Waals surface area contributed by atoms with Crippen LogP contribution in [0.5, 0.6) is 5.75 Å². The summed E-state index contributed by atoms with van der Waals surface area (Å²) in [6.45, 7) is 0. The fourth-order valence-electron chi connectivity index (χ4n) is 2.37. The van der Waals surface area contributed by atoms with E-state index in [4.69, 9.17) is 4.74 Å². The van der Waals surface area contributed by atoms with Gasteiger partial charge in [0, 0.05) is 17.4 Å². The predicted octanol–water partition coefficient (Wildman–Crippen LogP) is 3.16. The first kappa shape index (κ1) is 16.8. The van der Waals surface area contributed by atoms with Crippen molar-refractivity contribution in [1.29, 1.82) is 0 Å². The molecule has 3 N–H and O–H groups in total. The van der Waals surface area contributed by atoms with E-state index in [0.717, 1.165) is 24.2 Å². The molecule has 0 aliphatic heterocycles. The number of rotatable bonds is 6. The Morgan fingerprint density at radius 3 is 2.04 bits per heavy atom. The van der Waals surface area contributed by atoms with Gasteiger partial charge >= 0.3 is 6.03 Å². The normalized spacial score (nSPS) is 13.0. The molecule has 0 spiro atoms. The first-order valence-corrected chi connectivity index (χ1v) is 8.23. The number of anilines is 2. The third kappa shape index (κ3) is 5.24. The van der Waals surface area contributed by atoms with Gasteiger partial charge in [-0.25, -0.2) is 4.79 Å². The molecule has 3 amide bonds. The molecule has 0 bridgehead atoms. The average Bonchev–Trinajstić information content (AvgIpc) is 3.41. The van der Waals surface area contributed by atoms with E-state index in [1.54, 1.807) is 43.5 Å². The van der Waals surface area contributed by atoms with Gasteiger partial charge in [0.05, 0.1) is 13.5 Å². The molecule has 6 nitrogen and oxygen atoms in total. The maximum Gasteiger partial charge on any atom is 0.323 e. The summed E-state index contributed by atoms with van der Waals surface area (Å²) < 4.78 is 5.08. The molecule has 25 heavy (non-hydrogen) atoms. The summed E-state index contributed by atoms with van der Waals surface area (Å²) in [6.07, 6.45) is 2.52. The zero-order chi connectivity index (χ0) is 17.6. The molecule has 1 aliphatic rings. The van der Waals surface area contributed by atoms with E-state index in [1.165, 1.54) is 0 Å². The van der Waals surface area contributed by atoms with Gasteiger partial charge in [0.1, 0.15) is 5.75 Å². The van der Waals surface area contributed by atoms with Crippen molar-refractivity contribution in [3.8, 4) is 5.75 Å². The molecule has 2 aromatic rings. The van der Waals surface area contributed by atoms with Gasteiger partial charge in [-0.05, 0) is 54.8 Å². The number of carbonyl (C=O) groups excluding carboxylic acids is 2. The van der Waals surface area contributed by atoms with Gasteiger partial charge in [-0.15, -0.1) is 0 Å². The topological polar surface area (TPSA) is 79.5 Å². The Morgan fingerprint density at radius 1 is 0.960 bits per heavy atom. The molecule has 3 rings (SSSR count). The Bertz CT molecular complexity index is 738. The minimum atomic E-state index is -0.329. The third-order valence-electron chi connectivity index (χ3n) is 3.87. The summed E-state index contributed by atoms with van der Waals surface area (Å²) in [6, 6.07) is 14.4. The predicted molar refractivity (Wildman–Crippen MR) is 96.9 cm³/mol. The van der Waals surface area contributed by atoms with Crippen LogP contribution < -0.4 is 20.7 Å². The van der Waals surface area contributed by atoms with Gasteiger partial charge < -0.3 is 20.7 Å². The highest BCUT2D eigenvalue weighted by molar-refractivity contribution is 5.99. The summed E-state index contributed by atoms with van der Waals surface area (Å²) in [5, 5.41) is 8.46. The number of methoxy groups -OCH3 is 1. The van der Waals surface area contributed by atoms with Crippen LogP contribution in [0.1, 0.15) is 18.4 Å². The zero-order valence-corrected chi connectivity index (χ0v) is 14.0. The van der Waals surface area contributed by atoms with Gasteiger partial charge in [-0.2, -0.15) is 0 Å². The van der Waals surface area contributed by atoms with Gasteiger partial charge in [0.15, 0.2) is 0 Å². The third-order valence-corrected chi connectivity index (χ3v) is 3.87. The van der Waals surface area contributed by atoms with E-state index in [9.17, 15) is 9.59 Å². The highest BCUT2D eigenvalue weighted by Crippen LogP contribution is 2.19. The van der Waals surface area contributed by atoms with Crippen molar-refractivity contribution in [3.05, 3.63) is 54.1 Å². The van der Waals surface area contributed by atoms with E-state index < -0.39 is 0 Å². The second-order valence-electron chi connectivity index (χ2n) is 6.02. The number of ether oxygens (including phenoxy) is 1. The molecule has 6 heteroatoms. The lowest BCUT2D eigenvalue weighted by molar-refractivity contribution is -0.120. The largest absolute Gasteiger partial charge is 0.497 e. The highest BCUT2D eigenvalue weighted by atomic mass is 16.5. The second-order valence-corrected chi connectivity index (χ2v) is 6.02. The van der Waals surface area contributed by atoms with Crippen LogP contribution in [-0.4, -0.2) is 25.1 Å². The Morgan fingerprint density at radius 2 is 1.52 bits per heavy atom. The number of urea groups is 1. The van der Waals surface area contributed by atoms with Crippen LogP contribution in [0, 0.1) is 0 Å². The standard InChI is InChI=1S/C19H21N3O3/c1-25-17-10-8-16(9-11-17)22-19(24)21-15-4-2-13(3-5-15)12-18(23)20-14-6-7-14/h2-5,8-11,14H,6-7,12H2,1H3,(H,20,23)(H2,21,22,24). The van der Waals surface area contributed by atoms with Crippen LogP contribution in [0.15, 0.2) is 48.5 Å². The number of nitrogens with one attached hydrogen (secondary N) is 3. The zero-order valence-electron chi connectivity index (χ0n) is 14.0. The van der Waals surface area contributed by atoms with Crippen LogP contribution in [-0.2, 0) is 11.2 Å². The van der Waals surface area contributed by atoms with Crippen molar-refractivity contribution in [1.82, 2.24) is 5.32 Å². The molecule has 0 aromatic heterocycles. The van der Waals surface area contributed by atoms with E-state index >= 15 is 0 Å². The molecule has 0 heterocycles. The Labute approximate surface area is 146 Å². The summed E-state index contributed by atoms with van der Waals surface area (Å²) >= 11 is 0. The van der Waals surface area contributed by atoms with Crippen molar-refractivity contribution in [3.63, 3.8) is 0 Å². The summed E-state index contributed by atoms with van der Waals surface area (Å²) in [4.78, 5) is 23.8. The second kappa shape index (κ2) is 7.70. The van der Waals surface area contributed by atoms with Gasteiger partial charge in [-0.1, -0.05) is 12.1 Å². The van der Waals surface area contributed by atoms with Gasteiger partial charge in [-0.3, -0.25) is 4.79 Å². The van der Waals surface area contributed by atoms with E-state index in [-0.39, 0.29) is 11.9 Å². The molecule has 1 aliphatic carbocycles. The summed E-state index contributed by atoms with van der Waals surface area (Å²) in [5.74, 6) is 0.771. The number of amides is 3. The minimum Gasteiger partial charge on any atom is -0.497 e. The number of carbonyl (C=O) groups is 2. The molecule has 2 aromatic carbocycles. The Balaban J connectivity index is 1.49. The summed E-state index contributed by atoms with van der Waals surface area (Å²) in [7, 11) is 1.59. The lowest BCUT2D eigenvalue weighted by Crippen LogP contribution is -2.26. The highest BCUT2D eigenvalue weighted by Gasteiger charge is 2.22. The van der Waals surface area contributed by atoms with E-state index in [0.29, 0.717) is 23.8 Å². The molecule has 1 fully saturated rings. The SMILES string of the molecule is COc1ccc(NC(=O)Nc2ccc(CC(=O)NC3CC3)cc2)cc1. The fraction of sp³-hybridized carbons (Fsp3) is 0.263. The number of hydrogen-bond donors (Lipinski definition) is 3. The van der Waals surface area contributed by atoms with Crippen molar-refractivity contribution in [2.45, 2.75) is 25.3 Å². The van der Waals surface area contributed by atoms with Crippen LogP contribution in [0.4, 0.5) is 16.2 Å². The average molecular weight is 339 g/mol. The van der Waals surface area contributed by atoms with Crippen LogP contribution in [0.25, 0.3) is 0 Å². The molecular weight excluding hydrogens is 318 g/mol. The monoisotopic (exact) mass is 339 g/mol. The fourth-order valence-corrected chi connectivity index (χ4v) is 2.37. The maximum absolute atomic E-state index is 12.0. The molecule has 0 radical (unpaired) electrons. The number of benzene rings is 2. The molecule has 0 atom stereocenters. The van der Waals surface area contributed by atoms with E-state index in [2.05, 4.69) is 16.0 Å². The summed E-state index contributed by atoms with van der Waals surface area (Å²) in [5.41, 5.74) is 2.25. The lowest BCUT2D eigenvalue weighted by atomic mass is 10.1. The van der Waals surface area contributed by atoms with Crippen LogP contribution >= 0.6 is 0 Å². The first-order chi connectivity index (χ1) is 12.1. The van der Waals surface area contributed by atoms with Crippen molar-refractivity contribution >= 4 is 23.3 Å². The first-order valence-electron chi connectivity index (χ1n) is 8.23. The lowest BCUT2D eigenvalue weighted by Gasteiger charge is -2.09. The minimum absolute atomic E-state index is 0.0421. The van der Waals surface area contributed by atoms with Crippen molar-refractivity contribution in [2.75, 3.05) is 17.7 Å². The Hall–Kier alpha value is -3.02. The van der Waals surface area contributed by atoms with Gasteiger partial charge in [0.25, 0.3) is 0 Å².